The van der Waals surface area contributed by atoms with Gasteiger partial charge in [-0.1, -0.05) is 6.08 Å². The third kappa shape index (κ3) is 3.17. The Kier molecular flexibility index (Phi) is 4.65. The predicted octanol–water partition coefficient (Wildman–Crippen LogP) is 3.13. The molecule has 2 heterocycles. The van der Waals surface area contributed by atoms with Crippen LogP contribution in [0, 0.1) is 0 Å². The summed E-state index contributed by atoms with van der Waals surface area (Å²) in [5.74, 6) is 1.55. The lowest BCUT2D eigenvalue weighted by Crippen LogP contribution is -2.46. The van der Waals surface area contributed by atoms with Gasteiger partial charge in [0.2, 0.25) is 0 Å². The van der Waals surface area contributed by atoms with Crippen molar-refractivity contribution in [1.82, 2.24) is 4.98 Å². The number of carbonyl (C=O) groups excluding carboxylic acids is 1. The van der Waals surface area contributed by atoms with E-state index in [-0.39, 0.29) is 6.03 Å². The Morgan fingerprint density at radius 1 is 1.33 bits per heavy atom. The van der Waals surface area contributed by atoms with Crippen molar-refractivity contribution in [3.05, 3.63) is 55.3 Å². The number of hydrogen-bond donors (Lipinski definition) is 1. The van der Waals surface area contributed by atoms with Crippen molar-refractivity contribution in [3.8, 4) is 5.75 Å². The zero-order valence-electron chi connectivity index (χ0n) is 13.6. The smallest absolute Gasteiger partial charge is 0.326 e. The van der Waals surface area contributed by atoms with Gasteiger partial charge in [0, 0.05) is 31.5 Å². The first kappa shape index (κ1) is 15.9. The van der Waals surface area contributed by atoms with Gasteiger partial charge in [0.25, 0.3) is 0 Å². The summed E-state index contributed by atoms with van der Waals surface area (Å²) in [6, 6.07) is 10.8. The number of methoxy groups -OCH3 is 1. The van der Waals surface area contributed by atoms with E-state index in [1.165, 1.54) is 0 Å². The van der Waals surface area contributed by atoms with Gasteiger partial charge < -0.3 is 15.0 Å². The van der Waals surface area contributed by atoms with Crippen molar-refractivity contribution in [2.75, 3.05) is 41.9 Å². The number of fused-ring (bicyclic) bond motifs is 1. The van der Waals surface area contributed by atoms with Gasteiger partial charge >= 0.3 is 6.03 Å². The minimum absolute atomic E-state index is 0.173. The fraction of sp³-hybridized carbons (Fsp3) is 0.222. The molecule has 1 aromatic carbocycles. The Morgan fingerprint density at radius 2 is 2.12 bits per heavy atom. The van der Waals surface area contributed by atoms with E-state index < -0.39 is 0 Å². The topological polar surface area (TPSA) is 57.7 Å². The molecule has 3 rings (SSSR count). The zero-order chi connectivity index (χ0) is 16.9. The molecule has 124 valence electrons. The molecule has 1 aromatic heterocycles. The standard InChI is InChI=1S/C18H20N4O2/c1-3-11-21-12-13-22(16-5-4-10-19-17(16)21)18(23)20-14-6-8-15(24-2)9-7-14/h3-10H,1,11-13H2,2H3,(H,20,23). The molecule has 1 N–H and O–H groups in total. The van der Waals surface area contributed by atoms with E-state index in [1.807, 2.05) is 42.5 Å². The predicted molar refractivity (Wildman–Crippen MR) is 96.0 cm³/mol. The number of urea groups is 1. The summed E-state index contributed by atoms with van der Waals surface area (Å²) in [6.45, 7) is 5.79. The maximum Gasteiger partial charge on any atom is 0.326 e. The lowest BCUT2D eigenvalue weighted by atomic mass is 10.2. The molecule has 1 aliphatic rings. The second kappa shape index (κ2) is 7.04. The normalized spacial score (nSPS) is 13.2. The van der Waals surface area contributed by atoms with Gasteiger partial charge in [0.1, 0.15) is 5.75 Å². The summed E-state index contributed by atoms with van der Waals surface area (Å²) in [6.07, 6.45) is 3.57. The van der Waals surface area contributed by atoms with E-state index in [4.69, 9.17) is 4.74 Å². The van der Waals surface area contributed by atoms with Crippen LogP contribution in [0.25, 0.3) is 0 Å². The summed E-state index contributed by atoms with van der Waals surface area (Å²) in [5.41, 5.74) is 1.52. The number of hydrogen-bond acceptors (Lipinski definition) is 4. The van der Waals surface area contributed by atoms with E-state index in [0.717, 1.165) is 22.9 Å². The monoisotopic (exact) mass is 324 g/mol. The number of rotatable bonds is 4. The van der Waals surface area contributed by atoms with Crippen LogP contribution in [0.3, 0.4) is 0 Å². The van der Waals surface area contributed by atoms with Gasteiger partial charge in [-0.25, -0.2) is 9.78 Å². The minimum Gasteiger partial charge on any atom is -0.497 e. The molecule has 6 heteroatoms. The molecule has 0 unspecified atom stereocenters. The Bertz CT molecular complexity index is 730. The number of anilines is 3. The van der Waals surface area contributed by atoms with Crippen LogP contribution in [0.4, 0.5) is 22.0 Å². The molecule has 0 atom stereocenters. The van der Waals surface area contributed by atoms with Crippen LogP contribution in [0.1, 0.15) is 0 Å². The first-order valence-electron chi connectivity index (χ1n) is 7.76. The largest absolute Gasteiger partial charge is 0.497 e. The van der Waals surface area contributed by atoms with Crippen molar-refractivity contribution in [3.63, 3.8) is 0 Å². The number of benzene rings is 1. The fourth-order valence-corrected chi connectivity index (χ4v) is 2.70. The van der Waals surface area contributed by atoms with Crippen molar-refractivity contribution < 1.29 is 9.53 Å². The quantitative estimate of drug-likeness (QED) is 0.878. The number of nitrogens with one attached hydrogen (secondary N) is 1. The first-order chi connectivity index (χ1) is 11.7. The second-order valence-corrected chi connectivity index (χ2v) is 5.39. The molecular formula is C18H20N4O2. The minimum atomic E-state index is -0.173. The van der Waals surface area contributed by atoms with Crippen molar-refractivity contribution in [1.29, 1.82) is 0 Å². The second-order valence-electron chi connectivity index (χ2n) is 5.39. The van der Waals surface area contributed by atoms with Crippen LogP contribution < -0.4 is 19.9 Å². The number of carbonyl (C=O) groups is 1. The lowest BCUT2D eigenvalue weighted by molar-refractivity contribution is 0.256. The van der Waals surface area contributed by atoms with E-state index in [2.05, 4.69) is 21.8 Å². The van der Waals surface area contributed by atoms with Gasteiger partial charge in [0.05, 0.1) is 12.8 Å². The Labute approximate surface area is 141 Å². The van der Waals surface area contributed by atoms with Gasteiger partial charge in [-0.15, -0.1) is 6.58 Å². The van der Waals surface area contributed by atoms with Crippen LogP contribution >= 0.6 is 0 Å². The molecule has 2 amide bonds. The number of nitrogens with zero attached hydrogens (tertiary/aromatic N) is 3. The van der Waals surface area contributed by atoms with E-state index in [9.17, 15) is 4.79 Å². The van der Waals surface area contributed by atoms with Crippen molar-refractivity contribution >= 4 is 23.2 Å². The molecule has 1 aliphatic heterocycles. The Morgan fingerprint density at radius 3 is 2.83 bits per heavy atom. The summed E-state index contributed by atoms with van der Waals surface area (Å²) in [7, 11) is 1.61. The van der Waals surface area contributed by atoms with Crippen LogP contribution in [-0.4, -0.2) is 37.8 Å². The van der Waals surface area contributed by atoms with Gasteiger partial charge in [-0.05, 0) is 36.4 Å². The molecule has 0 aliphatic carbocycles. The number of amides is 2. The summed E-state index contributed by atoms with van der Waals surface area (Å²) >= 11 is 0. The highest BCUT2D eigenvalue weighted by Crippen LogP contribution is 2.31. The molecule has 0 saturated carbocycles. The third-order valence-corrected chi connectivity index (χ3v) is 3.89. The zero-order valence-corrected chi connectivity index (χ0v) is 13.6. The number of pyridine rings is 1. The molecule has 0 bridgehead atoms. The Hall–Kier alpha value is -3.02. The molecule has 0 radical (unpaired) electrons. The highest BCUT2D eigenvalue weighted by atomic mass is 16.5. The van der Waals surface area contributed by atoms with Gasteiger partial charge in [-0.2, -0.15) is 0 Å². The fourth-order valence-electron chi connectivity index (χ4n) is 2.70. The molecular weight excluding hydrogens is 304 g/mol. The summed E-state index contributed by atoms with van der Waals surface area (Å²) in [4.78, 5) is 20.9. The maximum absolute atomic E-state index is 12.7. The highest BCUT2D eigenvalue weighted by molar-refractivity contribution is 6.04. The number of ether oxygens (including phenoxy) is 1. The third-order valence-electron chi connectivity index (χ3n) is 3.89. The molecule has 6 nitrogen and oxygen atoms in total. The maximum atomic E-state index is 12.7. The van der Waals surface area contributed by atoms with Gasteiger partial charge in [-0.3, -0.25) is 4.90 Å². The molecule has 0 fully saturated rings. The van der Waals surface area contributed by atoms with E-state index >= 15 is 0 Å². The molecule has 0 saturated heterocycles. The van der Waals surface area contributed by atoms with E-state index in [0.29, 0.717) is 19.6 Å². The van der Waals surface area contributed by atoms with Crippen molar-refractivity contribution in [2.24, 2.45) is 0 Å². The SMILES string of the molecule is C=CCN1CCN(C(=O)Nc2ccc(OC)cc2)c2cccnc21. The van der Waals surface area contributed by atoms with Crippen LogP contribution in [0.5, 0.6) is 5.75 Å². The lowest BCUT2D eigenvalue weighted by Gasteiger charge is -2.36. The molecule has 24 heavy (non-hydrogen) atoms. The molecule has 2 aromatic rings. The average Bonchev–Trinajstić information content (AvgIpc) is 2.63. The van der Waals surface area contributed by atoms with Crippen LogP contribution in [-0.2, 0) is 0 Å². The Balaban J connectivity index is 1.79. The van der Waals surface area contributed by atoms with Gasteiger partial charge in [0.15, 0.2) is 5.82 Å². The van der Waals surface area contributed by atoms with Crippen molar-refractivity contribution in [2.45, 2.75) is 0 Å². The van der Waals surface area contributed by atoms with E-state index in [1.54, 1.807) is 18.2 Å². The number of aromatic nitrogens is 1. The van der Waals surface area contributed by atoms with Crippen LogP contribution in [0.15, 0.2) is 55.3 Å². The summed E-state index contributed by atoms with van der Waals surface area (Å²) < 4.78 is 5.13. The molecule has 0 spiro atoms. The summed E-state index contributed by atoms with van der Waals surface area (Å²) in [5, 5.41) is 2.92. The average molecular weight is 324 g/mol. The first-order valence-corrected chi connectivity index (χ1v) is 7.76. The van der Waals surface area contributed by atoms with Crippen LogP contribution in [0.2, 0.25) is 0 Å². The highest BCUT2D eigenvalue weighted by Gasteiger charge is 2.27.